The van der Waals surface area contributed by atoms with Gasteiger partial charge in [-0.25, -0.2) is 0 Å². The second kappa shape index (κ2) is 5.60. The summed E-state index contributed by atoms with van der Waals surface area (Å²) in [6, 6.07) is 7.72. The fourth-order valence-electron chi connectivity index (χ4n) is 2.72. The molecule has 1 aromatic heterocycles. The molecular weight excluding hydrogens is 266 g/mol. The maximum atomic E-state index is 12.7. The zero-order valence-corrected chi connectivity index (χ0v) is 12.3. The van der Waals surface area contributed by atoms with E-state index in [1.165, 1.54) is 0 Å². The molecule has 2 heterocycles. The van der Waals surface area contributed by atoms with Crippen LogP contribution in [0.15, 0.2) is 28.8 Å². The zero-order chi connectivity index (χ0) is 14.8. The summed E-state index contributed by atoms with van der Waals surface area (Å²) < 4.78 is 5.04. The molecule has 1 aliphatic rings. The number of benzene rings is 1. The Morgan fingerprint density at radius 1 is 1.48 bits per heavy atom. The summed E-state index contributed by atoms with van der Waals surface area (Å²) in [5.74, 6) is 0.781. The van der Waals surface area contributed by atoms with Gasteiger partial charge in [-0.2, -0.15) is 0 Å². The average Bonchev–Trinajstić information content (AvgIpc) is 2.91. The molecule has 0 saturated heterocycles. The molecule has 2 aromatic rings. The number of rotatable bonds is 3. The Labute approximate surface area is 123 Å². The van der Waals surface area contributed by atoms with Crippen LogP contribution in [0, 0.1) is 6.92 Å². The first-order valence-electron chi connectivity index (χ1n) is 7.18. The van der Waals surface area contributed by atoms with E-state index in [-0.39, 0.29) is 5.91 Å². The Hall–Kier alpha value is -2.30. The standard InChI is InChI=1S/C16H19N3O2/c1-11-9-12(18-21-11)10-19(2)16(20)14-5-3-7-15-13(14)6-4-8-17-15/h3,5,7,9,17H,4,6,8,10H2,1-2H3. The van der Waals surface area contributed by atoms with Crippen molar-refractivity contribution in [3.8, 4) is 0 Å². The van der Waals surface area contributed by atoms with Crippen LogP contribution in [0.1, 0.15) is 33.8 Å². The predicted octanol–water partition coefficient (Wildman–Crippen LogP) is 2.61. The van der Waals surface area contributed by atoms with Crippen LogP contribution in [0.5, 0.6) is 0 Å². The maximum Gasteiger partial charge on any atom is 0.254 e. The number of carbonyl (C=O) groups excluding carboxylic acids is 1. The van der Waals surface area contributed by atoms with Gasteiger partial charge in [-0.3, -0.25) is 4.79 Å². The molecule has 0 atom stereocenters. The van der Waals surface area contributed by atoms with Crippen LogP contribution in [-0.2, 0) is 13.0 Å². The van der Waals surface area contributed by atoms with Gasteiger partial charge in [0.25, 0.3) is 5.91 Å². The van der Waals surface area contributed by atoms with Crippen molar-refractivity contribution in [2.75, 3.05) is 18.9 Å². The summed E-state index contributed by atoms with van der Waals surface area (Å²) in [6.07, 6.45) is 2.00. The molecule has 0 fully saturated rings. The molecule has 0 bridgehead atoms. The molecule has 1 aliphatic heterocycles. The van der Waals surface area contributed by atoms with E-state index in [1.54, 1.807) is 11.9 Å². The normalized spacial score (nSPS) is 13.4. The van der Waals surface area contributed by atoms with Gasteiger partial charge in [0.05, 0.1) is 6.54 Å². The molecule has 0 aliphatic carbocycles. The van der Waals surface area contributed by atoms with E-state index in [0.29, 0.717) is 6.54 Å². The van der Waals surface area contributed by atoms with Crippen molar-refractivity contribution < 1.29 is 9.32 Å². The van der Waals surface area contributed by atoms with Crippen LogP contribution >= 0.6 is 0 Å². The summed E-state index contributed by atoms with van der Waals surface area (Å²) in [5.41, 5.74) is 3.75. The molecule has 5 heteroatoms. The van der Waals surface area contributed by atoms with Crippen LogP contribution in [0.2, 0.25) is 0 Å². The first-order valence-corrected chi connectivity index (χ1v) is 7.18. The van der Waals surface area contributed by atoms with E-state index >= 15 is 0 Å². The minimum Gasteiger partial charge on any atom is -0.385 e. The summed E-state index contributed by atoms with van der Waals surface area (Å²) in [6.45, 7) is 3.27. The number of hydrogen-bond donors (Lipinski definition) is 1. The molecule has 3 rings (SSSR count). The lowest BCUT2D eigenvalue weighted by atomic mass is 9.97. The Kier molecular flexibility index (Phi) is 3.64. The van der Waals surface area contributed by atoms with Gasteiger partial charge in [-0.05, 0) is 37.5 Å². The Bertz CT molecular complexity index is 663. The number of amides is 1. The van der Waals surface area contributed by atoms with E-state index in [1.807, 2.05) is 31.2 Å². The Balaban J connectivity index is 1.81. The molecular formula is C16H19N3O2. The third-order valence-electron chi connectivity index (χ3n) is 3.75. The van der Waals surface area contributed by atoms with Crippen molar-refractivity contribution in [1.29, 1.82) is 0 Å². The van der Waals surface area contributed by atoms with Gasteiger partial charge < -0.3 is 14.7 Å². The molecule has 0 radical (unpaired) electrons. The zero-order valence-electron chi connectivity index (χ0n) is 12.3. The highest BCUT2D eigenvalue weighted by molar-refractivity contribution is 5.97. The quantitative estimate of drug-likeness (QED) is 0.941. The van der Waals surface area contributed by atoms with Crippen LogP contribution < -0.4 is 5.32 Å². The molecule has 1 amide bonds. The summed E-state index contributed by atoms with van der Waals surface area (Å²) >= 11 is 0. The molecule has 0 unspecified atom stereocenters. The number of aromatic nitrogens is 1. The highest BCUT2D eigenvalue weighted by Crippen LogP contribution is 2.26. The van der Waals surface area contributed by atoms with Crippen molar-refractivity contribution in [2.24, 2.45) is 0 Å². The van der Waals surface area contributed by atoms with Gasteiger partial charge in [0.1, 0.15) is 11.5 Å². The van der Waals surface area contributed by atoms with E-state index in [9.17, 15) is 4.79 Å². The van der Waals surface area contributed by atoms with E-state index in [2.05, 4.69) is 10.5 Å². The molecule has 1 N–H and O–H groups in total. The number of anilines is 1. The van der Waals surface area contributed by atoms with Crippen molar-refractivity contribution in [3.05, 3.63) is 46.8 Å². The van der Waals surface area contributed by atoms with Gasteiger partial charge in [0, 0.05) is 30.9 Å². The number of hydrogen-bond acceptors (Lipinski definition) is 4. The highest BCUT2D eigenvalue weighted by Gasteiger charge is 2.20. The van der Waals surface area contributed by atoms with Gasteiger partial charge in [-0.1, -0.05) is 11.2 Å². The number of fused-ring (bicyclic) bond motifs is 1. The minimum atomic E-state index is 0.0243. The third-order valence-corrected chi connectivity index (χ3v) is 3.75. The first-order chi connectivity index (χ1) is 10.1. The monoisotopic (exact) mass is 285 g/mol. The van der Waals surface area contributed by atoms with Crippen LogP contribution in [0.3, 0.4) is 0 Å². The molecule has 1 aromatic carbocycles. The molecule has 110 valence electrons. The summed E-state index contributed by atoms with van der Waals surface area (Å²) in [7, 11) is 1.79. The number of carbonyl (C=O) groups is 1. The summed E-state index contributed by atoms with van der Waals surface area (Å²) in [4.78, 5) is 14.3. The van der Waals surface area contributed by atoms with Crippen molar-refractivity contribution in [2.45, 2.75) is 26.3 Å². The lowest BCUT2D eigenvalue weighted by molar-refractivity contribution is 0.0781. The molecule has 5 nitrogen and oxygen atoms in total. The smallest absolute Gasteiger partial charge is 0.254 e. The van der Waals surface area contributed by atoms with Crippen LogP contribution in [0.25, 0.3) is 0 Å². The second-order valence-electron chi connectivity index (χ2n) is 5.45. The average molecular weight is 285 g/mol. The van der Waals surface area contributed by atoms with Crippen molar-refractivity contribution >= 4 is 11.6 Å². The summed E-state index contributed by atoms with van der Waals surface area (Å²) in [5, 5.41) is 7.29. The topological polar surface area (TPSA) is 58.4 Å². The molecule has 21 heavy (non-hydrogen) atoms. The molecule has 0 saturated carbocycles. The Morgan fingerprint density at radius 3 is 3.10 bits per heavy atom. The molecule has 0 spiro atoms. The number of nitrogens with one attached hydrogen (secondary N) is 1. The van der Waals surface area contributed by atoms with E-state index in [0.717, 1.165) is 47.7 Å². The Morgan fingerprint density at radius 2 is 2.33 bits per heavy atom. The van der Waals surface area contributed by atoms with Gasteiger partial charge in [0.15, 0.2) is 0 Å². The second-order valence-corrected chi connectivity index (χ2v) is 5.45. The number of aryl methyl sites for hydroxylation is 1. The minimum absolute atomic E-state index is 0.0243. The fourth-order valence-corrected chi connectivity index (χ4v) is 2.72. The third kappa shape index (κ3) is 2.77. The van der Waals surface area contributed by atoms with Gasteiger partial charge >= 0.3 is 0 Å². The highest BCUT2D eigenvalue weighted by atomic mass is 16.5. The van der Waals surface area contributed by atoms with E-state index < -0.39 is 0 Å². The van der Waals surface area contributed by atoms with Gasteiger partial charge in [0.2, 0.25) is 0 Å². The van der Waals surface area contributed by atoms with Gasteiger partial charge in [-0.15, -0.1) is 0 Å². The fraction of sp³-hybridized carbons (Fsp3) is 0.375. The van der Waals surface area contributed by atoms with Crippen LogP contribution in [0.4, 0.5) is 5.69 Å². The SMILES string of the molecule is Cc1cc(CN(C)C(=O)c2cccc3c2CCCN3)no1. The van der Waals surface area contributed by atoms with E-state index in [4.69, 9.17) is 4.52 Å². The lowest BCUT2D eigenvalue weighted by Crippen LogP contribution is -2.28. The van der Waals surface area contributed by atoms with Crippen molar-refractivity contribution in [3.63, 3.8) is 0 Å². The first kappa shape index (κ1) is 13.7. The predicted molar refractivity (Wildman–Crippen MR) is 80.3 cm³/mol. The van der Waals surface area contributed by atoms with Crippen LogP contribution in [-0.4, -0.2) is 29.6 Å². The maximum absolute atomic E-state index is 12.7. The van der Waals surface area contributed by atoms with Crippen molar-refractivity contribution in [1.82, 2.24) is 10.1 Å². The lowest BCUT2D eigenvalue weighted by Gasteiger charge is -2.23. The largest absolute Gasteiger partial charge is 0.385 e. The number of nitrogens with zero attached hydrogens (tertiary/aromatic N) is 2.